The molecule has 1 saturated heterocycles. The molecule has 0 saturated carbocycles. The molecule has 1 fully saturated rings. The largest absolute Gasteiger partial charge is 0.378 e. The molecule has 1 aliphatic heterocycles. The molecule has 0 aromatic heterocycles. The Morgan fingerprint density at radius 1 is 1.58 bits per heavy atom. The summed E-state index contributed by atoms with van der Waals surface area (Å²) in [7, 11) is 0. The molecule has 0 bridgehead atoms. The van der Waals surface area contributed by atoms with E-state index in [9.17, 15) is 5.11 Å². The van der Waals surface area contributed by atoms with Crippen LogP contribution < -0.4 is 5.32 Å². The van der Waals surface area contributed by atoms with Gasteiger partial charge < -0.3 is 10.4 Å². The maximum Gasteiger partial charge on any atom is 0.134 e. The Morgan fingerprint density at radius 3 is 2.84 bits per heavy atom. The average Bonchev–Trinajstić information content (AvgIpc) is 2.49. The van der Waals surface area contributed by atoms with Crippen molar-refractivity contribution < 1.29 is 5.11 Å². The predicted octanol–water partition coefficient (Wildman–Crippen LogP) is 3.77. The lowest BCUT2D eigenvalue weighted by atomic mass is 9.82. The van der Waals surface area contributed by atoms with E-state index in [-0.39, 0.29) is 0 Å². The molecule has 2 aliphatic rings. The quantitative estimate of drug-likeness (QED) is 0.770. The van der Waals surface area contributed by atoms with Gasteiger partial charge in [0.15, 0.2) is 0 Å². The van der Waals surface area contributed by atoms with Gasteiger partial charge >= 0.3 is 0 Å². The van der Waals surface area contributed by atoms with Gasteiger partial charge in [-0.3, -0.25) is 0 Å². The number of rotatable bonds is 3. The highest BCUT2D eigenvalue weighted by molar-refractivity contribution is 6.32. The fraction of sp³-hybridized carbons (Fsp3) is 0.375. The first-order valence-electron chi connectivity index (χ1n) is 6.51. The first-order valence-corrected chi connectivity index (χ1v) is 6.89. The van der Waals surface area contributed by atoms with Crippen molar-refractivity contribution >= 4 is 11.6 Å². The van der Waals surface area contributed by atoms with Crippen LogP contribution in [0.4, 0.5) is 0 Å². The van der Waals surface area contributed by atoms with Crippen LogP contribution in [0.25, 0.3) is 0 Å². The molecule has 1 unspecified atom stereocenters. The number of hydrogen-bond donors (Lipinski definition) is 2. The summed E-state index contributed by atoms with van der Waals surface area (Å²) in [6.45, 7) is 11.9. The van der Waals surface area contributed by atoms with Crippen molar-refractivity contribution in [1.82, 2.24) is 5.32 Å². The first-order chi connectivity index (χ1) is 8.91. The zero-order valence-corrected chi connectivity index (χ0v) is 12.2. The summed E-state index contributed by atoms with van der Waals surface area (Å²) >= 11 is 6.30. The van der Waals surface area contributed by atoms with Crippen molar-refractivity contribution in [2.75, 3.05) is 0 Å². The van der Waals surface area contributed by atoms with E-state index in [4.69, 9.17) is 11.6 Å². The Hall–Kier alpha value is -1.25. The number of halogens is 1. The van der Waals surface area contributed by atoms with Gasteiger partial charge in [-0.1, -0.05) is 49.8 Å². The van der Waals surface area contributed by atoms with E-state index in [0.29, 0.717) is 23.1 Å². The van der Waals surface area contributed by atoms with Gasteiger partial charge in [-0.25, -0.2) is 0 Å². The summed E-state index contributed by atoms with van der Waals surface area (Å²) in [5, 5.41) is 14.8. The normalized spacial score (nSPS) is 26.7. The Labute approximate surface area is 119 Å². The van der Waals surface area contributed by atoms with Crippen LogP contribution in [-0.4, -0.2) is 10.7 Å². The lowest BCUT2D eigenvalue weighted by Gasteiger charge is -2.26. The van der Waals surface area contributed by atoms with Gasteiger partial charge in [-0.15, -0.1) is 6.58 Å². The fourth-order valence-corrected chi connectivity index (χ4v) is 2.94. The Balaban J connectivity index is 2.71. The molecule has 0 aromatic carbocycles. The van der Waals surface area contributed by atoms with Gasteiger partial charge in [0.05, 0.1) is 10.7 Å². The molecule has 1 heterocycles. The molecule has 19 heavy (non-hydrogen) atoms. The summed E-state index contributed by atoms with van der Waals surface area (Å²) in [4.78, 5) is 0. The molecule has 0 aromatic rings. The topological polar surface area (TPSA) is 32.3 Å². The highest BCUT2D eigenvalue weighted by Gasteiger charge is 2.45. The molecule has 1 atom stereocenters. The third kappa shape index (κ3) is 2.19. The minimum absolute atomic E-state index is 0.334. The highest BCUT2D eigenvalue weighted by atomic mass is 35.5. The Kier molecular flexibility index (Phi) is 3.75. The maximum atomic E-state index is 11.0. The van der Waals surface area contributed by atoms with Crippen LogP contribution in [0.2, 0.25) is 0 Å². The van der Waals surface area contributed by atoms with Crippen LogP contribution >= 0.6 is 11.6 Å². The summed E-state index contributed by atoms with van der Waals surface area (Å²) in [6, 6.07) is 0. The second-order valence-electron chi connectivity index (χ2n) is 5.34. The predicted molar refractivity (Wildman–Crippen MR) is 80.5 cm³/mol. The van der Waals surface area contributed by atoms with Crippen molar-refractivity contribution in [3.05, 3.63) is 59.0 Å². The smallest absolute Gasteiger partial charge is 0.134 e. The number of fused-ring (bicyclic) bond motifs is 1. The molecule has 2 N–H and O–H groups in total. The lowest BCUT2D eigenvalue weighted by Crippen LogP contribution is -2.30. The minimum atomic E-state index is -1.11. The molecule has 102 valence electrons. The van der Waals surface area contributed by atoms with E-state index in [0.717, 1.165) is 17.7 Å². The van der Waals surface area contributed by atoms with Crippen LogP contribution in [0, 0.1) is 5.92 Å². The molecule has 0 spiro atoms. The third-order valence-corrected chi connectivity index (χ3v) is 4.05. The van der Waals surface area contributed by atoms with Crippen molar-refractivity contribution in [2.45, 2.75) is 32.3 Å². The number of aliphatic hydroxyl groups is 1. The van der Waals surface area contributed by atoms with Gasteiger partial charge in [-0.05, 0) is 18.4 Å². The summed E-state index contributed by atoms with van der Waals surface area (Å²) in [6.07, 6.45) is 6.85. The summed E-state index contributed by atoms with van der Waals surface area (Å²) < 4.78 is 0. The number of nitrogens with one attached hydrogen (secondary N) is 1. The molecular formula is C16H20ClNO. The van der Waals surface area contributed by atoms with Crippen LogP contribution in [0.3, 0.4) is 0 Å². The van der Waals surface area contributed by atoms with E-state index < -0.39 is 5.60 Å². The average molecular weight is 278 g/mol. The van der Waals surface area contributed by atoms with Crippen molar-refractivity contribution in [3.8, 4) is 0 Å². The van der Waals surface area contributed by atoms with Gasteiger partial charge in [-0.2, -0.15) is 0 Å². The van der Waals surface area contributed by atoms with Crippen LogP contribution in [0.1, 0.15) is 26.7 Å². The fourth-order valence-electron chi connectivity index (χ4n) is 2.71. The molecule has 1 aliphatic carbocycles. The molecule has 2 rings (SSSR count). The SMILES string of the molecule is C=CCC1(O)C(=C)NC2=C(Cl)C=CCC(C(C)C)=C21. The van der Waals surface area contributed by atoms with Crippen molar-refractivity contribution in [3.63, 3.8) is 0 Å². The van der Waals surface area contributed by atoms with Gasteiger partial charge in [0, 0.05) is 17.7 Å². The van der Waals surface area contributed by atoms with E-state index >= 15 is 0 Å². The molecule has 0 radical (unpaired) electrons. The van der Waals surface area contributed by atoms with E-state index in [1.165, 1.54) is 5.57 Å². The zero-order chi connectivity index (χ0) is 14.2. The van der Waals surface area contributed by atoms with E-state index in [1.807, 2.05) is 12.2 Å². The summed E-state index contributed by atoms with van der Waals surface area (Å²) in [5.41, 5.74) is 2.32. The van der Waals surface area contributed by atoms with Crippen LogP contribution in [-0.2, 0) is 0 Å². The highest BCUT2D eigenvalue weighted by Crippen LogP contribution is 2.45. The van der Waals surface area contributed by atoms with Gasteiger partial charge in [0.2, 0.25) is 0 Å². The Bertz CT molecular complexity index is 525. The maximum absolute atomic E-state index is 11.0. The first kappa shape index (κ1) is 14.2. The second kappa shape index (κ2) is 5.03. The third-order valence-electron chi connectivity index (χ3n) is 3.74. The monoisotopic (exact) mass is 277 g/mol. The van der Waals surface area contributed by atoms with E-state index in [1.54, 1.807) is 6.08 Å². The second-order valence-corrected chi connectivity index (χ2v) is 5.75. The lowest BCUT2D eigenvalue weighted by molar-refractivity contribution is 0.127. The van der Waals surface area contributed by atoms with Gasteiger partial charge in [0.25, 0.3) is 0 Å². The van der Waals surface area contributed by atoms with Crippen LogP contribution in [0.15, 0.2) is 59.0 Å². The Morgan fingerprint density at radius 2 is 2.26 bits per heavy atom. The van der Waals surface area contributed by atoms with Crippen molar-refractivity contribution in [2.24, 2.45) is 5.92 Å². The zero-order valence-electron chi connectivity index (χ0n) is 11.5. The van der Waals surface area contributed by atoms with Gasteiger partial charge in [0.1, 0.15) is 5.60 Å². The molecule has 2 nitrogen and oxygen atoms in total. The van der Waals surface area contributed by atoms with E-state index in [2.05, 4.69) is 32.3 Å². The molecular weight excluding hydrogens is 258 g/mol. The minimum Gasteiger partial charge on any atom is -0.378 e. The summed E-state index contributed by atoms with van der Waals surface area (Å²) in [5.74, 6) is 0.334. The number of allylic oxidation sites excluding steroid dienone is 4. The number of hydrogen-bond acceptors (Lipinski definition) is 2. The standard InChI is InChI=1S/C16H20ClNO/c1-5-9-16(19)11(4)18-15-13(17)8-6-7-12(10(2)3)14(15)16/h5-6,8,10,18-19H,1,4,7,9H2,2-3H3. The van der Waals surface area contributed by atoms with Crippen LogP contribution in [0.5, 0.6) is 0 Å². The molecule has 3 heteroatoms. The van der Waals surface area contributed by atoms with Crippen molar-refractivity contribution in [1.29, 1.82) is 0 Å². The molecule has 0 amide bonds.